The predicted octanol–water partition coefficient (Wildman–Crippen LogP) is 0.946. The molecule has 55 heavy (non-hydrogen) atoms. The van der Waals surface area contributed by atoms with E-state index >= 15 is 0 Å². The maximum absolute atomic E-state index is 11.5. The third-order valence-electron chi connectivity index (χ3n) is 18.0. The lowest BCUT2D eigenvalue weighted by Crippen LogP contribution is -2.64. The summed E-state index contributed by atoms with van der Waals surface area (Å²) in [5.41, 5.74) is -2.43. The maximum atomic E-state index is 11.5. The highest BCUT2D eigenvalue weighted by molar-refractivity contribution is 5.34. The first-order valence-corrected chi connectivity index (χ1v) is 21.0. The van der Waals surface area contributed by atoms with Crippen molar-refractivity contribution < 1.29 is 69.3 Å². The third-order valence-corrected chi connectivity index (χ3v) is 18.0. The highest BCUT2D eigenvalue weighted by Crippen LogP contribution is 2.90. The topological polar surface area (TPSA) is 217 Å². The van der Waals surface area contributed by atoms with Crippen LogP contribution >= 0.6 is 0 Å². The van der Waals surface area contributed by atoms with Gasteiger partial charge in [-0.3, -0.25) is 0 Å². The Kier molecular flexibility index (Phi) is 9.06. The molecule has 0 aromatic heterocycles. The zero-order valence-corrected chi connectivity index (χ0v) is 33.4. The van der Waals surface area contributed by atoms with Crippen LogP contribution in [0.15, 0.2) is 0 Å². The summed E-state index contributed by atoms with van der Waals surface area (Å²) in [6.07, 6.45) is -6.96. The average molecular weight is 783 g/mol. The van der Waals surface area contributed by atoms with Gasteiger partial charge in [0.15, 0.2) is 18.4 Å². The summed E-state index contributed by atoms with van der Waals surface area (Å²) in [4.78, 5) is 0. The van der Waals surface area contributed by atoms with Gasteiger partial charge in [0.25, 0.3) is 0 Å². The van der Waals surface area contributed by atoms with E-state index in [0.717, 1.165) is 44.9 Å². The van der Waals surface area contributed by atoms with Gasteiger partial charge < -0.3 is 69.3 Å². The van der Waals surface area contributed by atoms with E-state index in [9.17, 15) is 40.9 Å². The largest absolute Gasteiger partial charge is 0.394 e. The maximum Gasteiger partial charge on any atom is 0.199 e. The smallest absolute Gasteiger partial charge is 0.199 e. The van der Waals surface area contributed by atoms with Crippen molar-refractivity contribution in [3.63, 3.8) is 0 Å². The lowest BCUT2D eigenvalue weighted by atomic mass is 9.41. The number of aliphatic hydroxyl groups excluding tert-OH is 7. The van der Waals surface area contributed by atoms with Crippen molar-refractivity contribution in [1.29, 1.82) is 0 Å². The molecule has 5 aliphatic carbocycles. The van der Waals surface area contributed by atoms with Gasteiger partial charge in [-0.05, 0) is 105 Å². The van der Waals surface area contributed by atoms with Gasteiger partial charge in [0, 0.05) is 11.3 Å². The van der Waals surface area contributed by atoms with E-state index in [1.807, 2.05) is 0 Å². The minimum atomic E-state index is -1.61. The average Bonchev–Trinajstić information content (AvgIpc) is 3.63. The van der Waals surface area contributed by atoms with Crippen LogP contribution in [0.4, 0.5) is 0 Å². The highest BCUT2D eigenvalue weighted by atomic mass is 16.8. The molecule has 3 spiro atoms. The minimum Gasteiger partial charge on any atom is -0.394 e. The lowest BCUT2D eigenvalue weighted by molar-refractivity contribution is -0.362. The molecule has 4 heterocycles. The van der Waals surface area contributed by atoms with Crippen molar-refractivity contribution in [2.45, 2.75) is 191 Å². The van der Waals surface area contributed by atoms with Gasteiger partial charge in [0.1, 0.15) is 54.9 Å². The molecule has 4 saturated heterocycles. The molecule has 0 unspecified atom stereocenters. The number of aliphatic hydroxyl groups is 8. The van der Waals surface area contributed by atoms with Gasteiger partial charge in [-0.2, -0.15) is 0 Å². The van der Waals surface area contributed by atoms with Crippen LogP contribution in [0.3, 0.4) is 0 Å². The van der Waals surface area contributed by atoms with Crippen molar-refractivity contribution in [1.82, 2.24) is 0 Å². The van der Waals surface area contributed by atoms with Crippen LogP contribution in [-0.4, -0.2) is 145 Å². The van der Waals surface area contributed by atoms with Gasteiger partial charge in [-0.1, -0.05) is 34.6 Å². The summed E-state index contributed by atoms with van der Waals surface area (Å²) in [5.74, 6) is -0.778. The second-order valence-electron chi connectivity index (χ2n) is 21.1. The van der Waals surface area contributed by atoms with Crippen molar-refractivity contribution in [2.75, 3.05) is 13.2 Å². The monoisotopic (exact) mass is 782 g/mol. The Morgan fingerprint density at radius 3 is 2.13 bits per heavy atom. The van der Waals surface area contributed by atoms with E-state index in [2.05, 4.69) is 34.6 Å². The molecule has 314 valence electrons. The minimum absolute atomic E-state index is 0.0222. The summed E-state index contributed by atoms with van der Waals surface area (Å²) in [6, 6.07) is 0. The summed E-state index contributed by atoms with van der Waals surface area (Å²) in [6.45, 7) is 14.3. The number of rotatable bonds is 6. The molecule has 8 N–H and O–H groups in total. The predicted molar refractivity (Wildman–Crippen MR) is 191 cm³/mol. The first kappa shape index (κ1) is 39.9. The Labute approximate surface area is 323 Å². The van der Waals surface area contributed by atoms with E-state index in [4.69, 9.17) is 28.4 Å². The van der Waals surface area contributed by atoms with Gasteiger partial charge in [0.2, 0.25) is 0 Å². The molecule has 5 saturated carbocycles. The van der Waals surface area contributed by atoms with Crippen LogP contribution < -0.4 is 0 Å². The molecule has 9 aliphatic rings. The quantitative estimate of drug-likeness (QED) is 0.176. The molecule has 2 bridgehead atoms. The molecule has 22 atom stereocenters. The van der Waals surface area contributed by atoms with Crippen LogP contribution in [0.5, 0.6) is 0 Å². The Morgan fingerprint density at radius 1 is 0.764 bits per heavy atom. The SMILES string of the molecule is C[C@H]1C[C@H]2O[C@@]3(O[C@@H]2C(C)(C)O)[C@@H](O[C@H]2O[C@@H](CO)[C@H](O)[C@@H](O)[C@@H]2O)[C@@]2(C)[C@H]4CC[C@@H]5C(C)(C)[C@@H](O[C@H]6OC[C@@H](O)[C@@H](O)[C@@H]6O)CC[C@@]56C[C@@]46CC[C@]2(C)[C@@H]13. The van der Waals surface area contributed by atoms with E-state index in [-0.39, 0.29) is 58.2 Å². The summed E-state index contributed by atoms with van der Waals surface area (Å²) in [5, 5.41) is 85.7. The van der Waals surface area contributed by atoms with Crippen LogP contribution in [0.25, 0.3) is 0 Å². The van der Waals surface area contributed by atoms with Gasteiger partial charge in [-0.15, -0.1) is 0 Å². The van der Waals surface area contributed by atoms with Crippen LogP contribution in [0.2, 0.25) is 0 Å². The molecule has 14 heteroatoms. The second-order valence-corrected chi connectivity index (χ2v) is 21.1. The second kappa shape index (κ2) is 12.5. The fraction of sp³-hybridized carbons (Fsp3) is 1.00. The van der Waals surface area contributed by atoms with Crippen molar-refractivity contribution in [3.05, 3.63) is 0 Å². The number of hydrogen-bond acceptors (Lipinski definition) is 14. The van der Waals surface area contributed by atoms with Crippen molar-refractivity contribution in [3.8, 4) is 0 Å². The molecule has 14 nitrogen and oxygen atoms in total. The first-order chi connectivity index (χ1) is 25.6. The summed E-state index contributed by atoms with van der Waals surface area (Å²) < 4.78 is 39.6. The van der Waals surface area contributed by atoms with Crippen molar-refractivity contribution in [2.24, 2.45) is 50.7 Å². The van der Waals surface area contributed by atoms with E-state index in [1.54, 1.807) is 13.8 Å². The fourth-order valence-corrected chi connectivity index (χ4v) is 15.5. The Bertz CT molecular complexity index is 1500. The fourth-order valence-electron chi connectivity index (χ4n) is 15.5. The molecule has 0 aromatic carbocycles. The lowest BCUT2D eigenvalue weighted by Gasteiger charge is -2.64. The normalized spacial score (nSPS) is 60.6. The molecular formula is C41H66O14. The first-order valence-electron chi connectivity index (χ1n) is 21.0. The number of fused-ring (bicyclic) bond motifs is 4. The molecule has 0 aromatic rings. The third kappa shape index (κ3) is 4.98. The molecule has 0 amide bonds. The van der Waals surface area contributed by atoms with Crippen molar-refractivity contribution >= 4 is 0 Å². The Morgan fingerprint density at radius 2 is 1.44 bits per heavy atom. The Balaban J connectivity index is 1.08. The molecule has 9 rings (SSSR count). The summed E-state index contributed by atoms with van der Waals surface area (Å²) in [7, 11) is 0. The van der Waals surface area contributed by atoms with Crippen LogP contribution in [-0.2, 0) is 28.4 Å². The highest BCUT2D eigenvalue weighted by Gasteiger charge is 2.89. The van der Waals surface area contributed by atoms with Crippen LogP contribution in [0, 0.1) is 50.7 Å². The number of ether oxygens (including phenoxy) is 6. The zero-order valence-electron chi connectivity index (χ0n) is 33.4. The van der Waals surface area contributed by atoms with E-state index in [1.165, 1.54) is 0 Å². The molecule has 4 aliphatic heterocycles. The standard InChI is InChI=1S/C41H66O14/c1-18-14-20-31(36(4,5)49)55-41(54-20)30(18)37(6)12-13-40-17-39(40)11-10-24(52-32-28(47)25(44)19(43)16-50-32)35(2,3)22(39)8-9-23(40)38(37,7)34(41)53-33-29(48)27(46)26(45)21(15-42)51-33/h18-34,42-49H,8-17H2,1-7H3/t18-,19+,20+,21-,22+,23+,24-,25+,26-,27+,28-,29-,30+,31-,32+,33+,34-,37+,38+,39+,40-,41-/m0/s1. The zero-order chi connectivity index (χ0) is 39.6. The molecule has 0 radical (unpaired) electrons. The van der Waals surface area contributed by atoms with Gasteiger partial charge >= 0.3 is 0 Å². The number of hydrogen-bond donors (Lipinski definition) is 8. The Hall–Kier alpha value is -0.560. The van der Waals surface area contributed by atoms with Gasteiger partial charge in [-0.25, -0.2) is 0 Å². The van der Waals surface area contributed by atoms with E-state index < -0.39 is 90.9 Å². The summed E-state index contributed by atoms with van der Waals surface area (Å²) >= 11 is 0. The van der Waals surface area contributed by atoms with Crippen LogP contribution in [0.1, 0.15) is 99.8 Å². The molecule has 9 fully saturated rings. The van der Waals surface area contributed by atoms with Gasteiger partial charge in [0.05, 0.1) is 31.0 Å². The molecular weight excluding hydrogens is 716 g/mol. The van der Waals surface area contributed by atoms with E-state index in [0.29, 0.717) is 12.3 Å².